The van der Waals surface area contributed by atoms with Crippen LogP contribution < -0.4 is 4.90 Å². The number of aliphatic hydroxyl groups excluding tert-OH is 1. The van der Waals surface area contributed by atoms with Crippen molar-refractivity contribution in [2.24, 2.45) is 0 Å². The van der Waals surface area contributed by atoms with Crippen molar-refractivity contribution in [2.75, 3.05) is 18.0 Å². The van der Waals surface area contributed by atoms with E-state index in [4.69, 9.17) is 0 Å². The fraction of sp³-hybridized carbons (Fsp3) is 0.412. The van der Waals surface area contributed by atoms with Crippen LogP contribution in [0.2, 0.25) is 0 Å². The third-order valence-corrected chi connectivity index (χ3v) is 4.18. The lowest BCUT2D eigenvalue weighted by Gasteiger charge is -2.19. The molecule has 0 radical (unpaired) electrons. The van der Waals surface area contributed by atoms with Gasteiger partial charge in [0, 0.05) is 24.2 Å². The average Bonchev–Trinajstić information content (AvgIpc) is 2.87. The predicted molar refractivity (Wildman–Crippen MR) is 86.5 cm³/mol. The Hall–Kier alpha value is -2.35. The molecule has 5 nitrogen and oxygen atoms in total. The van der Waals surface area contributed by atoms with Gasteiger partial charge in [-0.1, -0.05) is 0 Å². The van der Waals surface area contributed by atoms with Gasteiger partial charge in [-0.25, -0.2) is 0 Å². The average molecular weight is 353 g/mol. The molecule has 1 aromatic heterocycles. The molecule has 1 aromatic carbocycles. The Morgan fingerprint density at radius 3 is 2.56 bits per heavy atom. The lowest BCUT2D eigenvalue weighted by atomic mass is 9.99. The minimum atomic E-state index is -4.52. The van der Waals surface area contributed by atoms with Gasteiger partial charge in [0.25, 0.3) is 0 Å². The van der Waals surface area contributed by atoms with Crippen LogP contribution in [0.4, 0.5) is 19.0 Å². The molecule has 0 spiro atoms. The molecule has 1 atom stereocenters. The molecule has 2 N–H and O–H groups in total. The Bertz CT molecular complexity index is 783. The van der Waals surface area contributed by atoms with E-state index in [0.717, 1.165) is 11.6 Å². The summed E-state index contributed by atoms with van der Waals surface area (Å²) in [5.41, 5.74) is 0.854. The lowest BCUT2D eigenvalue weighted by molar-refractivity contribution is -0.137. The normalized spacial score (nSPS) is 15.4. The number of β-amino-alcohol motifs (C(OH)–C–C–N with tert-alkyl or cyclic N) is 1. The third kappa shape index (κ3) is 3.39. The van der Waals surface area contributed by atoms with Crippen molar-refractivity contribution in [1.82, 2.24) is 10.2 Å². The van der Waals surface area contributed by atoms with Gasteiger partial charge >= 0.3 is 6.18 Å². The highest BCUT2D eigenvalue weighted by Crippen LogP contribution is 2.39. The molecule has 1 aliphatic heterocycles. The van der Waals surface area contributed by atoms with Crippen LogP contribution in [0.15, 0.2) is 18.2 Å². The van der Waals surface area contributed by atoms with Gasteiger partial charge < -0.3 is 15.1 Å². The Morgan fingerprint density at radius 2 is 1.96 bits per heavy atom. The number of aromatic hydroxyl groups is 1. The van der Waals surface area contributed by atoms with Crippen LogP contribution in [0.25, 0.3) is 11.3 Å². The fourth-order valence-electron chi connectivity index (χ4n) is 3.12. The van der Waals surface area contributed by atoms with Crippen LogP contribution in [-0.4, -0.2) is 39.6 Å². The van der Waals surface area contributed by atoms with E-state index >= 15 is 0 Å². The van der Waals surface area contributed by atoms with Crippen molar-refractivity contribution in [2.45, 2.75) is 32.5 Å². The maximum absolute atomic E-state index is 12.8. The molecule has 0 fully saturated rings. The van der Waals surface area contributed by atoms with E-state index in [-0.39, 0.29) is 11.1 Å². The van der Waals surface area contributed by atoms with Gasteiger partial charge in [-0.15, -0.1) is 10.2 Å². The number of fused-ring (bicyclic) bond motifs is 1. The van der Waals surface area contributed by atoms with Crippen molar-refractivity contribution in [3.63, 3.8) is 0 Å². The number of halogens is 3. The van der Waals surface area contributed by atoms with E-state index in [2.05, 4.69) is 10.2 Å². The van der Waals surface area contributed by atoms with E-state index in [1.54, 1.807) is 13.0 Å². The van der Waals surface area contributed by atoms with Gasteiger partial charge in [0.2, 0.25) is 0 Å². The first-order valence-corrected chi connectivity index (χ1v) is 7.87. The summed E-state index contributed by atoms with van der Waals surface area (Å²) in [4.78, 5) is 1.91. The van der Waals surface area contributed by atoms with Gasteiger partial charge in [-0.2, -0.15) is 13.2 Å². The zero-order valence-electron chi connectivity index (χ0n) is 13.8. The fourth-order valence-corrected chi connectivity index (χ4v) is 3.12. The first-order chi connectivity index (χ1) is 11.7. The summed E-state index contributed by atoms with van der Waals surface area (Å²) < 4.78 is 38.5. The van der Waals surface area contributed by atoms with Crippen molar-refractivity contribution in [3.05, 3.63) is 34.9 Å². The van der Waals surface area contributed by atoms with Crippen LogP contribution in [0.1, 0.15) is 23.6 Å². The number of hydrogen-bond donors (Lipinski definition) is 2. The molecule has 3 rings (SSSR count). The maximum atomic E-state index is 12.8. The van der Waals surface area contributed by atoms with Crippen LogP contribution in [-0.2, 0) is 12.6 Å². The third-order valence-electron chi connectivity index (χ3n) is 4.18. The monoisotopic (exact) mass is 353 g/mol. The number of nitrogens with zero attached hydrogens (tertiary/aromatic N) is 3. The number of hydrogen-bond acceptors (Lipinski definition) is 5. The number of benzene rings is 1. The molecule has 2 heterocycles. The standard InChI is InChI=1S/C17H18F3N3O2/c1-9-5-12(17(18,19)20)7-14(25)15(9)13-6-11-3-4-23(8-10(2)24)16(11)22-21-13/h5-7,10,24-25H,3-4,8H2,1-2H3/t10-/m1/s1. The van der Waals surface area contributed by atoms with Gasteiger partial charge in [-0.3, -0.25) is 0 Å². The minimum Gasteiger partial charge on any atom is -0.507 e. The van der Waals surface area contributed by atoms with Crippen molar-refractivity contribution in [1.29, 1.82) is 0 Å². The van der Waals surface area contributed by atoms with E-state index in [9.17, 15) is 23.4 Å². The second-order valence-corrected chi connectivity index (χ2v) is 6.31. The molecule has 0 aliphatic carbocycles. The molecule has 8 heteroatoms. The van der Waals surface area contributed by atoms with Gasteiger partial charge in [0.05, 0.1) is 17.4 Å². The number of aliphatic hydroxyl groups is 1. The largest absolute Gasteiger partial charge is 0.507 e. The van der Waals surface area contributed by atoms with Crippen LogP contribution >= 0.6 is 0 Å². The second-order valence-electron chi connectivity index (χ2n) is 6.31. The number of aryl methyl sites for hydroxylation is 1. The first kappa shape index (κ1) is 17.5. The SMILES string of the molecule is Cc1cc(C(F)(F)F)cc(O)c1-c1cc2c(nn1)N(C[C@@H](C)O)CC2. The highest BCUT2D eigenvalue weighted by atomic mass is 19.4. The molecule has 2 aromatic rings. The maximum Gasteiger partial charge on any atom is 0.416 e. The van der Waals surface area contributed by atoms with Crippen molar-refractivity contribution in [3.8, 4) is 17.0 Å². The highest BCUT2D eigenvalue weighted by Gasteiger charge is 2.32. The van der Waals surface area contributed by atoms with Crippen LogP contribution in [0.3, 0.4) is 0 Å². The number of anilines is 1. The van der Waals surface area contributed by atoms with Crippen molar-refractivity contribution < 1.29 is 23.4 Å². The lowest BCUT2D eigenvalue weighted by Crippen LogP contribution is -2.29. The molecule has 0 unspecified atom stereocenters. The van der Waals surface area contributed by atoms with Crippen LogP contribution in [0, 0.1) is 6.92 Å². The molecule has 0 saturated carbocycles. The number of rotatable bonds is 3. The summed E-state index contributed by atoms with van der Waals surface area (Å²) in [6, 6.07) is 3.43. The molecule has 0 amide bonds. The quantitative estimate of drug-likeness (QED) is 0.888. The summed E-state index contributed by atoms with van der Waals surface area (Å²) in [6.07, 6.45) is -4.33. The number of alkyl halides is 3. The van der Waals surface area contributed by atoms with Crippen LogP contribution in [0.5, 0.6) is 5.75 Å². The van der Waals surface area contributed by atoms with E-state index in [0.29, 0.717) is 37.1 Å². The number of phenols is 1. The molecule has 0 bridgehead atoms. The molecule has 134 valence electrons. The zero-order chi connectivity index (χ0) is 18.4. The van der Waals surface area contributed by atoms with E-state index < -0.39 is 23.6 Å². The summed E-state index contributed by atoms with van der Waals surface area (Å²) in [5.74, 6) is 0.189. The van der Waals surface area contributed by atoms with E-state index in [1.165, 1.54) is 6.92 Å². The molecule has 1 aliphatic rings. The second kappa shape index (κ2) is 6.18. The Kier molecular flexibility index (Phi) is 4.32. The summed E-state index contributed by atoms with van der Waals surface area (Å²) in [5, 5.41) is 27.8. The topological polar surface area (TPSA) is 69.5 Å². The summed E-state index contributed by atoms with van der Waals surface area (Å²) in [7, 11) is 0. The Balaban J connectivity index is 1.99. The van der Waals surface area contributed by atoms with E-state index in [1.807, 2.05) is 4.90 Å². The summed E-state index contributed by atoms with van der Waals surface area (Å²) in [6.45, 7) is 4.31. The Morgan fingerprint density at radius 1 is 1.24 bits per heavy atom. The first-order valence-electron chi connectivity index (χ1n) is 7.87. The molecule has 25 heavy (non-hydrogen) atoms. The predicted octanol–water partition coefficient (Wildman–Crippen LogP) is 2.92. The molecule has 0 saturated heterocycles. The Labute approximate surface area is 142 Å². The number of phenolic OH excluding ortho intramolecular Hbond substituents is 1. The molecular formula is C17H18F3N3O2. The van der Waals surface area contributed by atoms with Gasteiger partial charge in [-0.05, 0) is 44.0 Å². The van der Waals surface area contributed by atoms with Gasteiger partial charge in [0.1, 0.15) is 5.75 Å². The summed E-state index contributed by atoms with van der Waals surface area (Å²) >= 11 is 0. The highest BCUT2D eigenvalue weighted by molar-refractivity contribution is 5.73. The number of aromatic nitrogens is 2. The van der Waals surface area contributed by atoms with Crippen molar-refractivity contribution >= 4 is 5.82 Å². The molecular weight excluding hydrogens is 335 g/mol. The zero-order valence-corrected chi connectivity index (χ0v) is 13.8. The minimum absolute atomic E-state index is 0.247. The van der Waals surface area contributed by atoms with Gasteiger partial charge in [0.15, 0.2) is 5.82 Å². The smallest absolute Gasteiger partial charge is 0.416 e.